The molecule has 0 saturated carbocycles. The van der Waals surface area contributed by atoms with E-state index in [0.717, 1.165) is 0 Å². The van der Waals surface area contributed by atoms with E-state index in [1.807, 2.05) is 6.07 Å². The van der Waals surface area contributed by atoms with Crippen LogP contribution in [0.3, 0.4) is 0 Å². The molecule has 6 heteroatoms. The van der Waals surface area contributed by atoms with Gasteiger partial charge < -0.3 is 5.11 Å². The normalized spacial score (nSPS) is 9.00. The highest BCUT2D eigenvalue weighted by molar-refractivity contribution is 5.83. The molecule has 0 bridgehead atoms. The van der Waals surface area contributed by atoms with Crippen LogP contribution >= 0.6 is 0 Å². The average Bonchev–Trinajstić information content (AvgIpc) is 2.32. The largest absolute Gasteiger partial charge is 0.465 e. The molecule has 1 amide bonds. The van der Waals surface area contributed by atoms with E-state index >= 15 is 0 Å². The van der Waals surface area contributed by atoms with Gasteiger partial charge in [-0.25, -0.2) is 4.79 Å². The lowest BCUT2D eigenvalue weighted by Crippen LogP contribution is -2.11. The summed E-state index contributed by atoms with van der Waals surface area (Å²) in [6.07, 6.45) is 0.0840. The van der Waals surface area contributed by atoms with Crippen molar-refractivity contribution in [2.24, 2.45) is 7.05 Å². The van der Waals surface area contributed by atoms with E-state index in [-0.39, 0.29) is 11.4 Å². The number of nitrogens with zero attached hydrogens (tertiary/aromatic N) is 3. The molecule has 12 heavy (non-hydrogen) atoms. The van der Waals surface area contributed by atoms with Crippen LogP contribution in [0.1, 0.15) is 5.56 Å². The number of nitriles is 1. The SMILES string of the molecule is Cn1ncc(C#N)c1NC(=O)O. The predicted octanol–water partition coefficient (Wildman–Crippen LogP) is 0.382. The summed E-state index contributed by atoms with van der Waals surface area (Å²) in [5.41, 5.74) is 0.208. The lowest BCUT2D eigenvalue weighted by Gasteiger charge is -1.99. The highest BCUT2D eigenvalue weighted by Crippen LogP contribution is 2.11. The molecule has 0 aromatic carbocycles. The molecule has 0 atom stereocenters. The minimum absolute atomic E-state index is 0.185. The number of hydrogen-bond acceptors (Lipinski definition) is 3. The first-order valence-electron chi connectivity index (χ1n) is 3.07. The summed E-state index contributed by atoms with van der Waals surface area (Å²) < 4.78 is 1.28. The van der Waals surface area contributed by atoms with Crippen LogP contribution in [0.4, 0.5) is 10.6 Å². The lowest BCUT2D eigenvalue weighted by molar-refractivity contribution is 0.209. The maximum Gasteiger partial charge on any atom is 0.410 e. The zero-order valence-electron chi connectivity index (χ0n) is 6.27. The van der Waals surface area contributed by atoms with E-state index in [4.69, 9.17) is 10.4 Å². The Kier molecular flexibility index (Phi) is 1.96. The van der Waals surface area contributed by atoms with Crippen molar-refractivity contribution in [1.82, 2.24) is 9.78 Å². The Balaban J connectivity index is 3.04. The van der Waals surface area contributed by atoms with Gasteiger partial charge in [-0.1, -0.05) is 0 Å². The number of amides is 1. The van der Waals surface area contributed by atoms with E-state index in [0.29, 0.717) is 0 Å². The standard InChI is InChI=1S/C6H6N4O2/c1-10-5(9-6(11)12)4(2-7)3-8-10/h3,9H,1H3,(H,11,12). The Bertz CT molecular complexity index is 349. The molecule has 0 saturated heterocycles. The van der Waals surface area contributed by atoms with Crippen molar-refractivity contribution >= 4 is 11.9 Å². The summed E-state index contributed by atoms with van der Waals surface area (Å²) in [4.78, 5) is 10.2. The molecule has 1 rings (SSSR count). The minimum Gasteiger partial charge on any atom is -0.465 e. The second kappa shape index (κ2) is 2.92. The fourth-order valence-corrected chi connectivity index (χ4v) is 0.769. The molecule has 0 aliphatic carbocycles. The van der Waals surface area contributed by atoms with Crippen LogP contribution in [-0.4, -0.2) is 21.0 Å². The number of rotatable bonds is 1. The second-order valence-corrected chi connectivity index (χ2v) is 2.07. The van der Waals surface area contributed by atoms with Crippen LogP contribution in [0, 0.1) is 11.3 Å². The number of aromatic nitrogens is 2. The van der Waals surface area contributed by atoms with Gasteiger partial charge in [-0.05, 0) is 0 Å². The number of anilines is 1. The molecule has 0 fully saturated rings. The third kappa shape index (κ3) is 1.34. The summed E-state index contributed by atoms with van der Waals surface area (Å²) in [5.74, 6) is 0.185. The van der Waals surface area contributed by atoms with E-state index in [1.54, 1.807) is 7.05 Å². The molecule has 1 aromatic heterocycles. The van der Waals surface area contributed by atoms with Crippen molar-refractivity contribution in [3.63, 3.8) is 0 Å². The smallest absolute Gasteiger partial charge is 0.410 e. The van der Waals surface area contributed by atoms with Crippen molar-refractivity contribution in [3.05, 3.63) is 11.8 Å². The molecular weight excluding hydrogens is 160 g/mol. The van der Waals surface area contributed by atoms with Crippen LogP contribution in [-0.2, 0) is 7.05 Å². The molecule has 1 aromatic rings. The Labute approximate surface area is 68.0 Å². The Morgan fingerprint density at radius 2 is 2.58 bits per heavy atom. The average molecular weight is 166 g/mol. The number of aryl methyl sites for hydroxylation is 1. The van der Waals surface area contributed by atoms with Gasteiger partial charge in [0.1, 0.15) is 11.6 Å². The first-order chi connectivity index (χ1) is 5.65. The van der Waals surface area contributed by atoms with Gasteiger partial charge in [-0.3, -0.25) is 10.00 Å². The highest BCUT2D eigenvalue weighted by atomic mass is 16.4. The summed E-state index contributed by atoms with van der Waals surface area (Å²) in [7, 11) is 1.55. The number of carbonyl (C=O) groups is 1. The summed E-state index contributed by atoms with van der Waals surface area (Å²) >= 11 is 0. The fourth-order valence-electron chi connectivity index (χ4n) is 0.769. The van der Waals surface area contributed by atoms with Gasteiger partial charge in [0.15, 0.2) is 5.82 Å². The van der Waals surface area contributed by atoms with Gasteiger partial charge in [0, 0.05) is 7.05 Å². The molecular formula is C6H6N4O2. The van der Waals surface area contributed by atoms with Crippen molar-refractivity contribution in [1.29, 1.82) is 5.26 Å². The van der Waals surface area contributed by atoms with E-state index in [9.17, 15) is 4.79 Å². The van der Waals surface area contributed by atoms with Crippen molar-refractivity contribution in [2.75, 3.05) is 5.32 Å². The van der Waals surface area contributed by atoms with E-state index < -0.39 is 6.09 Å². The molecule has 0 aliphatic heterocycles. The number of nitrogens with one attached hydrogen (secondary N) is 1. The highest BCUT2D eigenvalue weighted by Gasteiger charge is 2.09. The molecule has 2 N–H and O–H groups in total. The quantitative estimate of drug-likeness (QED) is 0.630. The molecule has 0 aliphatic rings. The van der Waals surface area contributed by atoms with Crippen LogP contribution < -0.4 is 5.32 Å². The lowest BCUT2D eigenvalue weighted by atomic mass is 10.4. The van der Waals surface area contributed by atoms with Gasteiger partial charge >= 0.3 is 6.09 Å². The van der Waals surface area contributed by atoms with Gasteiger partial charge in [-0.2, -0.15) is 10.4 Å². The molecule has 1 heterocycles. The Morgan fingerprint density at radius 1 is 1.92 bits per heavy atom. The predicted molar refractivity (Wildman–Crippen MR) is 39.6 cm³/mol. The first kappa shape index (κ1) is 8.07. The van der Waals surface area contributed by atoms with Gasteiger partial charge in [0.2, 0.25) is 0 Å². The fraction of sp³-hybridized carbons (Fsp3) is 0.167. The van der Waals surface area contributed by atoms with Crippen LogP contribution in [0.25, 0.3) is 0 Å². The maximum atomic E-state index is 10.2. The second-order valence-electron chi connectivity index (χ2n) is 2.07. The van der Waals surface area contributed by atoms with Gasteiger partial charge in [0.05, 0.1) is 6.20 Å². The molecule has 0 spiro atoms. The molecule has 0 radical (unpaired) electrons. The van der Waals surface area contributed by atoms with Crippen molar-refractivity contribution in [3.8, 4) is 6.07 Å². The van der Waals surface area contributed by atoms with Crippen LogP contribution in [0.15, 0.2) is 6.20 Å². The topological polar surface area (TPSA) is 90.9 Å². The van der Waals surface area contributed by atoms with Crippen molar-refractivity contribution < 1.29 is 9.90 Å². The van der Waals surface area contributed by atoms with Crippen LogP contribution in [0.5, 0.6) is 0 Å². The summed E-state index contributed by atoms with van der Waals surface area (Å²) in [6.45, 7) is 0. The molecule has 0 unspecified atom stereocenters. The van der Waals surface area contributed by atoms with Crippen molar-refractivity contribution in [2.45, 2.75) is 0 Å². The van der Waals surface area contributed by atoms with Gasteiger partial charge in [-0.15, -0.1) is 0 Å². The third-order valence-corrected chi connectivity index (χ3v) is 1.28. The first-order valence-corrected chi connectivity index (χ1v) is 3.07. The number of hydrogen-bond donors (Lipinski definition) is 2. The summed E-state index contributed by atoms with van der Waals surface area (Å²) in [5, 5.41) is 22.7. The zero-order valence-corrected chi connectivity index (χ0v) is 6.27. The third-order valence-electron chi connectivity index (χ3n) is 1.28. The molecule has 62 valence electrons. The minimum atomic E-state index is -1.21. The number of carboxylic acid groups (broad SMARTS) is 1. The zero-order chi connectivity index (χ0) is 9.14. The van der Waals surface area contributed by atoms with E-state index in [1.165, 1.54) is 10.9 Å². The Hall–Kier alpha value is -2.03. The summed E-state index contributed by atoms with van der Waals surface area (Å²) in [6, 6.07) is 1.81. The Morgan fingerprint density at radius 3 is 3.08 bits per heavy atom. The maximum absolute atomic E-state index is 10.2. The van der Waals surface area contributed by atoms with Gasteiger partial charge in [0.25, 0.3) is 0 Å². The van der Waals surface area contributed by atoms with Crippen LogP contribution in [0.2, 0.25) is 0 Å². The molecule has 6 nitrogen and oxygen atoms in total. The monoisotopic (exact) mass is 166 g/mol. The van der Waals surface area contributed by atoms with E-state index in [2.05, 4.69) is 10.4 Å².